The summed E-state index contributed by atoms with van der Waals surface area (Å²) in [6, 6.07) is 6.71. The van der Waals surface area contributed by atoms with Crippen molar-refractivity contribution in [1.82, 2.24) is 5.32 Å². The third kappa shape index (κ3) is 1.18. The molecular weight excluding hydrogens is 148 g/mol. The van der Waals surface area contributed by atoms with E-state index in [1.165, 1.54) is 17.5 Å². The first-order valence-corrected chi connectivity index (χ1v) is 4.37. The van der Waals surface area contributed by atoms with Crippen LogP contribution in [0.3, 0.4) is 0 Å². The first-order chi connectivity index (χ1) is 5.77. The molecule has 1 aliphatic heterocycles. The molecule has 0 unspecified atom stereocenters. The maximum absolute atomic E-state index is 5.67. The largest absolute Gasteiger partial charge is 0.399 e. The number of nitrogens with one attached hydrogen (secondary N) is 1. The van der Waals surface area contributed by atoms with E-state index in [0.717, 1.165) is 12.2 Å². The van der Waals surface area contributed by atoms with Crippen LogP contribution >= 0.6 is 0 Å². The summed E-state index contributed by atoms with van der Waals surface area (Å²) >= 11 is 0. The van der Waals surface area contributed by atoms with Gasteiger partial charge in [0.05, 0.1) is 0 Å². The number of nitrogen functional groups attached to an aromatic ring is 1. The van der Waals surface area contributed by atoms with E-state index in [9.17, 15) is 0 Å². The summed E-state index contributed by atoms with van der Waals surface area (Å²) in [7, 11) is 0. The van der Waals surface area contributed by atoms with Crippen LogP contribution in [-0.2, 0) is 0 Å². The Labute approximate surface area is 72.8 Å². The van der Waals surface area contributed by atoms with Crippen LogP contribution < -0.4 is 11.1 Å². The van der Waals surface area contributed by atoms with Crippen molar-refractivity contribution in [2.75, 3.05) is 12.3 Å². The molecule has 1 heterocycles. The Morgan fingerprint density at radius 3 is 2.75 bits per heavy atom. The van der Waals surface area contributed by atoms with Crippen LogP contribution in [0.5, 0.6) is 0 Å². The number of hydrogen-bond acceptors (Lipinski definition) is 2. The lowest BCUT2D eigenvalue weighted by atomic mass is 9.94. The highest BCUT2D eigenvalue weighted by molar-refractivity contribution is 5.45. The number of benzene rings is 1. The van der Waals surface area contributed by atoms with Crippen molar-refractivity contribution in [3.8, 4) is 0 Å². The van der Waals surface area contributed by atoms with Gasteiger partial charge in [0, 0.05) is 11.7 Å². The van der Waals surface area contributed by atoms with Crippen molar-refractivity contribution in [1.29, 1.82) is 0 Å². The summed E-state index contributed by atoms with van der Waals surface area (Å²) in [6.45, 7) is 3.26. The summed E-state index contributed by atoms with van der Waals surface area (Å²) in [4.78, 5) is 0. The molecule has 0 aliphatic carbocycles. The Morgan fingerprint density at radius 1 is 1.50 bits per heavy atom. The molecule has 2 nitrogen and oxygen atoms in total. The molecule has 1 aliphatic rings. The summed E-state index contributed by atoms with van der Waals surface area (Å²) in [5.41, 5.74) is 9.22. The zero-order valence-corrected chi connectivity index (χ0v) is 7.30. The minimum Gasteiger partial charge on any atom is -0.399 e. The van der Waals surface area contributed by atoms with Gasteiger partial charge in [-0.15, -0.1) is 0 Å². The fraction of sp³-hybridized carbons (Fsp3) is 0.400. The molecule has 1 saturated heterocycles. The van der Waals surface area contributed by atoms with Gasteiger partial charge in [-0.2, -0.15) is 0 Å². The molecule has 2 rings (SSSR count). The third-order valence-electron chi connectivity index (χ3n) is 2.49. The van der Waals surface area contributed by atoms with E-state index in [4.69, 9.17) is 5.73 Å². The van der Waals surface area contributed by atoms with Crippen molar-refractivity contribution >= 4 is 5.69 Å². The highest BCUT2D eigenvalue weighted by atomic mass is 15.0. The van der Waals surface area contributed by atoms with Gasteiger partial charge < -0.3 is 11.1 Å². The molecule has 64 valence electrons. The van der Waals surface area contributed by atoms with Crippen LogP contribution in [0.25, 0.3) is 0 Å². The van der Waals surface area contributed by atoms with Crippen LogP contribution in [-0.4, -0.2) is 6.54 Å². The van der Waals surface area contributed by atoms with E-state index < -0.39 is 0 Å². The predicted octanol–water partition coefficient (Wildman–Crippen LogP) is 1.61. The SMILES string of the molecule is Cc1cc(N)ccc1[C@H]1CCN1. The van der Waals surface area contributed by atoms with Crippen LogP contribution in [0.1, 0.15) is 23.6 Å². The number of nitrogens with two attached hydrogens (primary N) is 1. The predicted molar refractivity (Wildman–Crippen MR) is 51.0 cm³/mol. The van der Waals surface area contributed by atoms with Gasteiger partial charge in [-0.1, -0.05) is 6.07 Å². The average Bonchev–Trinajstić information content (AvgIpc) is 1.91. The summed E-state index contributed by atoms with van der Waals surface area (Å²) in [5.74, 6) is 0. The molecular formula is C10H14N2. The molecule has 2 heteroatoms. The molecule has 0 radical (unpaired) electrons. The van der Waals surface area contributed by atoms with Crippen molar-refractivity contribution in [2.24, 2.45) is 0 Å². The van der Waals surface area contributed by atoms with Crippen LogP contribution in [0, 0.1) is 6.92 Å². The zero-order valence-electron chi connectivity index (χ0n) is 7.30. The second-order valence-corrected chi connectivity index (χ2v) is 3.41. The number of rotatable bonds is 1. The Bertz CT molecular complexity index is 290. The maximum Gasteiger partial charge on any atom is 0.0334 e. The molecule has 3 N–H and O–H groups in total. The van der Waals surface area contributed by atoms with E-state index in [2.05, 4.69) is 18.3 Å². The smallest absolute Gasteiger partial charge is 0.0334 e. The van der Waals surface area contributed by atoms with E-state index >= 15 is 0 Å². The lowest BCUT2D eigenvalue weighted by Gasteiger charge is -2.29. The molecule has 1 aromatic rings. The van der Waals surface area contributed by atoms with Crippen LogP contribution in [0.2, 0.25) is 0 Å². The van der Waals surface area contributed by atoms with Gasteiger partial charge >= 0.3 is 0 Å². The lowest BCUT2D eigenvalue weighted by molar-refractivity contribution is 0.382. The average molecular weight is 162 g/mol. The molecule has 0 amide bonds. The molecule has 12 heavy (non-hydrogen) atoms. The first-order valence-electron chi connectivity index (χ1n) is 4.37. The molecule has 1 fully saturated rings. The van der Waals surface area contributed by atoms with E-state index in [1.807, 2.05) is 12.1 Å². The Hall–Kier alpha value is -1.02. The summed E-state index contributed by atoms with van der Waals surface area (Å²) in [5, 5.41) is 3.38. The summed E-state index contributed by atoms with van der Waals surface area (Å²) < 4.78 is 0. The normalized spacial score (nSPS) is 21.9. The fourth-order valence-corrected chi connectivity index (χ4v) is 1.64. The Morgan fingerprint density at radius 2 is 2.25 bits per heavy atom. The fourth-order valence-electron chi connectivity index (χ4n) is 1.64. The van der Waals surface area contributed by atoms with Crippen molar-refractivity contribution in [2.45, 2.75) is 19.4 Å². The van der Waals surface area contributed by atoms with Crippen LogP contribution in [0.15, 0.2) is 18.2 Å². The highest BCUT2D eigenvalue weighted by Gasteiger charge is 2.19. The Balaban J connectivity index is 2.31. The van der Waals surface area contributed by atoms with Crippen molar-refractivity contribution < 1.29 is 0 Å². The van der Waals surface area contributed by atoms with E-state index in [0.29, 0.717) is 6.04 Å². The van der Waals surface area contributed by atoms with Gasteiger partial charge in [-0.3, -0.25) is 0 Å². The minimum absolute atomic E-state index is 0.575. The third-order valence-corrected chi connectivity index (χ3v) is 2.49. The second-order valence-electron chi connectivity index (χ2n) is 3.41. The molecule has 0 bridgehead atoms. The molecule has 0 aromatic heterocycles. The van der Waals surface area contributed by atoms with E-state index in [-0.39, 0.29) is 0 Å². The van der Waals surface area contributed by atoms with E-state index in [1.54, 1.807) is 0 Å². The Kier molecular flexibility index (Phi) is 1.77. The zero-order chi connectivity index (χ0) is 8.55. The van der Waals surface area contributed by atoms with Gasteiger partial charge in [0.1, 0.15) is 0 Å². The number of hydrogen-bond donors (Lipinski definition) is 2. The lowest BCUT2D eigenvalue weighted by Crippen LogP contribution is -2.35. The van der Waals surface area contributed by atoms with Gasteiger partial charge in [-0.05, 0) is 43.1 Å². The topological polar surface area (TPSA) is 38.0 Å². The quantitative estimate of drug-likeness (QED) is 0.616. The maximum atomic E-state index is 5.67. The highest BCUT2D eigenvalue weighted by Crippen LogP contribution is 2.26. The number of anilines is 1. The van der Waals surface area contributed by atoms with Crippen molar-refractivity contribution in [3.63, 3.8) is 0 Å². The van der Waals surface area contributed by atoms with Crippen LogP contribution in [0.4, 0.5) is 5.69 Å². The van der Waals surface area contributed by atoms with Crippen molar-refractivity contribution in [3.05, 3.63) is 29.3 Å². The van der Waals surface area contributed by atoms with Gasteiger partial charge in [0.15, 0.2) is 0 Å². The molecule has 0 spiro atoms. The second kappa shape index (κ2) is 2.79. The van der Waals surface area contributed by atoms with Gasteiger partial charge in [0.2, 0.25) is 0 Å². The standard InChI is InChI=1S/C10H14N2/c1-7-6-8(11)2-3-9(7)10-4-5-12-10/h2-3,6,10,12H,4-5,11H2,1H3/t10-/m1/s1. The van der Waals surface area contributed by atoms with Gasteiger partial charge in [0.25, 0.3) is 0 Å². The molecule has 0 saturated carbocycles. The minimum atomic E-state index is 0.575. The first kappa shape index (κ1) is 7.62. The molecule has 1 atom stereocenters. The molecule has 1 aromatic carbocycles. The monoisotopic (exact) mass is 162 g/mol. The summed E-state index contributed by atoms with van der Waals surface area (Å²) in [6.07, 6.45) is 1.25. The number of aryl methyl sites for hydroxylation is 1. The van der Waals surface area contributed by atoms with Gasteiger partial charge in [-0.25, -0.2) is 0 Å².